The van der Waals surface area contributed by atoms with E-state index in [0.717, 1.165) is 11.3 Å². The Morgan fingerprint density at radius 3 is 3.31 bits per heavy atom. The van der Waals surface area contributed by atoms with E-state index in [1.165, 1.54) is 0 Å². The van der Waals surface area contributed by atoms with Crippen molar-refractivity contribution in [3.05, 3.63) is 24.0 Å². The highest BCUT2D eigenvalue weighted by molar-refractivity contribution is 5.73. The van der Waals surface area contributed by atoms with Gasteiger partial charge in [0.25, 0.3) is 0 Å². The number of aromatic nitrogens is 1. The molecule has 1 atom stereocenters. The van der Waals surface area contributed by atoms with Crippen molar-refractivity contribution in [1.82, 2.24) is 4.98 Å². The topological polar surface area (TPSA) is 62.2 Å². The van der Waals surface area contributed by atoms with Gasteiger partial charge in [-0.05, 0) is 18.1 Å². The lowest BCUT2D eigenvalue weighted by atomic mass is 9.96. The zero-order valence-corrected chi connectivity index (χ0v) is 7.03. The number of anilines is 1. The number of carboxylic acids is 1. The van der Waals surface area contributed by atoms with E-state index in [0.29, 0.717) is 13.0 Å². The molecule has 0 bridgehead atoms. The summed E-state index contributed by atoms with van der Waals surface area (Å²) in [5.41, 5.74) is 1.99. The van der Waals surface area contributed by atoms with E-state index in [1.54, 1.807) is 12.4 Å². The molecule has 13 heavy (non-hydrogen) atoms. The molecule has 4 nitrogen and oxygen atoms in total. The van der Waals surface area contributed by atoms with Crippen molar-refractivity contribution in [2.75, 3.05) is 11.9 Å². The highest BCUT2D eigenvalue weighted by Gasteiger charge is 2.23. The van der Waals surface area contributed by atoms with E-state index in [1.807, 2.05) is 6.07 Å². The van der Waals surface area contributed by atoms with Crippen LogP contribution in [0.25, 0.3) is 0 Å². The van der Waals surface area contributed by atoms with E-state index < -0.39 is 5.97 Å². The van der Waals surface area contributed by atoms with Gasteiger partial charge >= 0.3 is 5.97 Å². The first-order chi connectivity index (χ1) is 6.27. The molecule has 0 aliphatic carbocycles. The van der Waals surface area contributed by atoms with Gasteiger partial charge in [-0.3, -0.25) is 9.78 Å². The molecule has 1 unspecified atom stereocenters. The van der Waals surface area contributed by atoms with E-state index in [2.05, 4.69) is 10.3 Å². The third-order valence-corrected chi connectivity index (χ3v) is 2.26. The highest BCUT2D eigenvalue weighted by atomic mass is 16.4. The third kappa shape index (κ3) is 1.47. The van der Waals surface area contributed by atoms with Gasteiger partial charge in [0.2, 0.25) is 0 Å². The molecule has 0 saturated carbocycles. The van der Waals surface area contributed by atoms with Crippen molar-refractivity contribution in [1.29, 1.82) is 0 Å². The first-order valence-corrected chi connectivity index (χ1v) is 4.17. The van der Waals surface area contributed by atoms with Crippen molar-refractivity contribution in [3.8, 4) is 0 Å². The lowest BCUT2D eigenvalue weighted by Gasteiger charge is -2.22. The van der Waals surface area contributed by atoms with Crippen LogP contribution in [0.2, 0.25) is 0 Å². The van der Waals surface area contributed by atoms with Crippen LogP contribution in [0.15, 0.2) is 18.5 Å². The maximum absolute atomic E-state index is 10.7. The Morgan fingerprint density at radius 1 is 1.69 bits per heavy atom. The molecule has 2 rings (SSSR count). The Labute approximate surface area is 75.6 Å². The molecule has 1 aromatic rings. The summed E-state index contributed by atoms with van der Waals surface area (Å²) < 4.78 is 0. The zero-order chi connectivity index (χ0) is 9.26. The largest absolute Gasteiger partial charge is 0.481 e. The Balaban J connectivity index is 2.24. The van der Waals surface area contributed by atoms with Crippen molar-refractivity contribution in [2.45, 2.75) is 6.42 Å². The molecule has 1 aliphatic heterocycles. The molecule has 0 saturated heterocycles. The monoisotopic (exact) mass is 178 g/mol. The lowest BCUT2D eigenvalue weighted by molar-refractivity contribution is -0.141. The van der Waals surface area contributed by atoms with E-state index in [9.17, 15) is 4.79 Å². The minimum atomic E-state index is -0.748. The number of aliphatic carboxylic acids is 1. The van der Waals surface area contributed by atoms with Crippen LogP contribution in [0, 0.1) is 5.92 Å². The summed E-state index contributed by atoms with van der Waals surface area (Å²) in [6.45, 7) is 0.506. The number of nitrogens with one attached hydrogen (secondary N) is 1. The van der Waals surface area contributed by atoms with Gasteiger partial charge in [-0.2, -0.15) is 0 Å². The summed E-state index contributed by atoms with van der Waals surface area (Å²) in [6.07, 6.45) is 4.00. The molecule has 2 heterocycles. The maximum Gasteiger partial charge on any atom is 0.308 e. The number of rotatable bonds is 1. The van der Waals surface area contributed by atoms with Crippen molar-refractivity contribution < 1.29 is 9.90 Å². The van der Waals surface area contributed by atoms with Gasteiger partial charge in [0.05, 0.1) is 5.92 Å². The first kappa shape index (κ1) is 8.04. The summed E-state index contributed by atoms with van der Waals surface area (Å²) in [7, 11) is 0. The normalized spacial score (nSPS) is 20.2. The molecule has 0 fully saturated rings. The van der Waals surface area contributed by atoms with Crippen LogP contribution in [0.5, 0.6) is 0 Å². The number of pyridine rings is 1. The fourth-order valence-electron chi connectivity index (χ4n) is 1.51. The van der Waals surface area contributed by atoms with E-state index in [4.69, 9.17) is 5.11 Å². The molecule has 0 amide bonds. The third-order valence-electron chi connectivity index (χ3n) is 2.26. The Kier molecular flexibility index (Phi) is 1.88. The number of hydrogen-bond donors (Lipinski definition) is 2. The van der Waals surface area contributed by atoms with Gasteiger partial charge in [-0.1, -0.05) is 0 Å². The Hall–Kier alpha value is -1.58. The predicted octanol–water partition coefficient (Wildman–Crippen LogP) is 0.750. The van der Waals surface area contributed by atoms with Crippen LogP contribution >= 0.6 is 0 Å². The van der Waals surface area contributed by atoms with Crippen molar-refractivity contribution in [2.24, 2.45) is 5.92 Å². The molecule has 0 radical (unpaired) electrons. The van der Waals surface area contributed by atoms with Gasteiger partial charge in [-0.25, -0.2) is 0 Å². The fraction of sp³-hybridized carbons (Fsp3) is 0.333. The second kappa shape index (κ2) is 3.05. The molecule has 0 aromatic carbocycles. The molecular weight excluding hydrogens is 168 g/mol. The van der Waals surface area contributed by atoms with Gasteiger partial charge in [0.1, 0.15) is 0 Å². The number of carbonyl (C=O) groups is 1. The predicted molar refractivity (Wildman–Crippen MR) is 47.6 cm³/mol. The van der Waals surface area contributed by atoms with Crippen LogP contribution in [-0.4, -0.2) is 22.6 Å². The van der Waals surface area contributed by atoms with Crippen molar-refractivity contribution in [3.63, 3.8) is 0 Å². The van der Waals surface area contributed by atoms with Crippen LogP contribution < -0.4 is 5.32 Å². The van der Waals surface area contributed by atoms with E-state index in [-0.39, 0.29) is 5.92 Å². The molecular formula is C9H10N2O2. The smallest absolute Gasteiger partial charge is 0.308 e. The van der Waals surface area contributed by atoms with Crippen LogP contribution in [0.4, 0.5) is 5.69 Å². The maximum atomic E-state index is 10.7. The highest BCUT2D eigenvalue weighted by Crippen LogP contribution is 2.23. The standard InChI is InChI=1S/C9H10N2O2/c12-9(13)7-3-6-4-10-2-1-8(6)11-5-7/h1-2,4,7,11H,3,5H2,(H,12,13). The fourth-order valence-corrected chi connectivity index (χ4v) is 1.51. The summed E-state index contributed by atoms with van der Waals surface area (Å²) in [5.74, 6) is -1.07. The number of hydrogen-bond acceptors (Lipinski definition) is 3. The lowest BCUT2D eigenvalue weighted by Crippen LogP contribution is -2.29. The molecule has 1 aromatic heterocycles. The molecule has 2 N–H and O–H groups in total. The summed E-state index contributed by atoms with van der Waals surface area (Å²) >= 11 is 0. The minimum Gasteiger partial charge on any atom is -0.481 e. The number of fused-ring (bicyclic) bond motifs is 1. The molecule has 4 heteroatoms. The van der Waals surface area contributed by atoms with Gasteiger partial charge < -0.3 is 10.4 Å². The minimum absolute atomic E-state index is 0.323. The first-order valence-electron chi connectivity index (χ1n) is 4.17. The zero-order valence-electron chi connectivity index (χ0n) is 7.03. The molecule has 0 spiro atoms. The molecule has 1 aliphatic rings. The average molecular weight is 178 g/mol. The number of carboxylic acid groups (broad SMARTS) is 1. The molecule has 68 valence electrons. The quantitative estimate of drug-likeness (QED) is 0.666. The van der Waals surface area contributed by atoms with E-state index >= 15 is 0 Å². The number of nitrogens with zero attached hydrogens (tertiary/aromatic N) is 1. The van der Waals surface area contributed by atoms with Crippen LogP contribution in [0.1, 0.15) is 5.56 Å². The summed E-state index contributed by atoms with van der Waals surface area (Å²) in [5, 5.41) is 11.9. The average Bonchev–Trinajstić information content (AvgIpc) is 2.17. The SMILES string of the molecule is O=C(O)C1CNc2ccncc2C1. The van der Waals surface area contributed by atoms with Crippen LogP contribution in [0.3, 0.4) is 0 Å². The van der Waals surface area contributed by atoms with Crippen LogP contribution in [-0.2, 0) is 11.2 Å². The second-order valence-corrected chi connectivity index (χ2v) is 3.15. The second-order valence-electron chi connectivity index (χ2n) is 3.15. The van der Waals surface area contributed by atoms with Gasteiger partial charge in [0.15, 0.2) is 0 Å². The van der Waals surface area contributed by atoms with Gasteiger partial charge in [-0.15, -0.1) is 0 Å². The van der Waals surface area contributed by atoms with Crippen molar-refractivity contribution >= 4 is 11.7 Å². The Bertz CT molecular complexity index is 338. The summed E-state index contributed by atoms with van der Waals surface area (Å²) in [6, 6.07) is 1.87. The van der Waals surface area contributed by atoms with Gasteiger partial charge in [0, 0.05) is 24.6 Å². The summed E-state index contributed by atoms with van der Waals surface area (Å²) in [4.78, 5) is 14.7. The Morgan fingerprint density at radius 2 is 2.54 bits per heavy atom.